The van der Waals surface area contributed by atoms with Gasteiger partial charge in [-0.1, -0.05) is 18.2 Å². The Hall–Kier alpha value is -3.02. The number of hydrogen-bond donors (Lipinski definition) is 2. The van der Waals surface area contributed by atoms with Crippen molar-refractivity contribution in [1.29, 1.82) is 0 Å². The molecule has 2 amide bonds. The van der Waals surface area contributed by atoms with E-state index >= 15 is 0 Å². The van der Waals surface area contributed by atoms with E-state index in [-0.39, 0.29) is 11.8 Å². The van der Waals surface area contributed by atoms with Gasteiger partial charge >= 0.3 is 6.03 Å². The van der Waals surface area contributed by atoms with Gasteiger partial charge in [-0.3, -0.25) is 0 Å². The number of amides is 2. The molecule has 0 atom stereocenters. The number of phenols is 1. The zero-order valence-corrected chi connectivity index (χ0v) is 14.4. The van der Waals surface area contributed by atoms with Crippen LogP contribution in [0.4, 0.5) is 16.3 Å². The van der Waals surface area contributed by atoms with E-state index in [1.807, 2.05) is 43.3 Å². The van der Waals surface area contributed by atoms with Crippen LogP contribution in [0.5, 0.6) is 5.75 Å². The van der Waals surface area contributed by atoms with Gasteiger partial charge in [-0.2, -0.15) is 0 Å². The van der Waals surface area contributed by atoms with Crippen molar-refractivity contribution >= 4 is 23.1 Å². The lowest BCUT2D eigenvalue weighted by Gasteiger charge is -2.27. The number of nitrogens with zero attached hydrogens (tertiary/aromatic N) is 3. The topological polar surface area (TPSA) is 68.7 Å². The van der Waals surface area contributed by atoms with E-state index in [2.05, 4.69) is 16.4 Å². The standard InChI is InChI=1S/C19H22N4O2/c1-22(2)18-8-5-16(13-20-18)21-19(25)23-11-9-15(10-12-23)14-3-6-17(24)7-4-14/h3-9,13,24H,10-12H2,1-2H3,(H,21,25). The zero-order chi connectivity index (χ0) is 17.8. The Morgan fingerprint density at radius 2 is 1.96 bits per heavy atom. The molecule has 0 bridgehead atoms. The Balaban J connectivity index is 1.60. The van der Waals surface area contributed by atoms with Crippen LogP contribution in [-0.2, 0) is 0 Å². The minimum absolute atomic E-state index is 0.125. The maximum absolute atomic E-state index is 12.4. The number of carbonyl (C=O) groups is 1. The molecule has 0 fully saturated rings. The molecule has 6 nitrogen and oxygen atoms in total. The normalized spacial score (nSPS) is 14.0. The van der Waals surface area contributed by atoms with E-state index in [0.717, 1.165) is 17.8 Å². The first-order chi connectivity index (χ1) is 12.0. The number of anilines is 2. The highest BCUT2D eigenvalue weighted by atomic mass is 16.3. The number of nitrogens with one attached hydrogen (secondary N) is 1. The molecule has 0 radical (unpaired) electrons. The average molecular weight is 338 g/mol. The van der Waals surface area contributed by atoms with Crippen LogP contribution in [0.2, 0.25) is 0 Å². The molecule has 25 heavy (non-hydrogen) atoms. The van der Waals surface area contributed by atoms with Gasteiger partial charge in [0.2, 0.25) is 0 Å². The van der Waals surface area contributed by atoms with Crippen molar-refractivity contribution in [1.82, 2.24) is 9.88 Å². The number of rotatable bonds is 3. The van der Waals surface area contributed by atoms with Gasteiger partial charge in [0.15, 0.2) is 0 Å². The van der Waals surface area contributed by atoms with Crippen LogP contribution in [-0.4, -0.2) is 48.2 Å². The Morgan fingerprint density at radius 3 is 2.52 bits per heavy atom. The number of aromatic hydroxyl groups is 1. The molecule has 0 saturated heterocycles. The van der Waals surface area contributed by atoms with Crippen molar-refractivity contribution in [3.8, 4) is 5.75 Å². The predicted octanol–water partition coefficient (Wildman–Crippen LogP) is 3.17. The molecule has 0 unspecified atom stereocenters. The smallest absolute Gasteiger partial charge is 0.322 e. The predicted molar refractivity (Wildman–Crippen MR) is 99.9 cm³/mol. The molecule has 1 aliphatic heterocycles. The molecule has 0 saturated carbocycles. The maximum Gasteiger partial charge on any atom is 0.322 e. The summed E-state index contributed by atoms with van der Waals surface area (Å²) in [4.78, 5) is 20.4. The SMILES string of the molecule is CN(C)c1ccc(NC(=O)N2CC=C(c3ccc(O)cc3)CC2)cn1. The van der Waals surface area contributed by atoms with Gasteiger partial charge in [0.25, 0.3) is 0 Å². The second-order valence-corrected chi connectivity index (χ2v) is 6.20. The fourth-order valence-electron chi connectivity index (χ4n) is 2.72. The molecule has 2 N–H and O–H groups in total. The van der Waals surface area contributed by atoms with Gasteiger partial charge in [-0.15, -0.1) is 0 Å². The first kappa shape index (κ1) is 16.8. The minimum Gasteiger partial charge on any atom is -0.508 e. The molecule has 1 aromatic carbocycles. The molecule has 3 rings (SSSR count). The quantitative estimate of drug-likeness (QED) is 0.902. The highest BCUT2D eigenvalue weighted by Gasteiger charge is 2.18. The molecule has 2 heterocycles. The van der Waals surface area contributed by atoms with E-state index in [1.165, 1.54) is 5.57 Å². The van der Waals surface area contributed by atoms with Gasteiger partial charge in [0.05, 0.1) is 11.9 Å². The zero-order valence-electron chi connectivity index (χ0n) is 14.4. The van der Waals surface area contributed by atoms with E-state index < -0.39 is 0 Å². The number of phenolic OH excluding ortho intramolecular Hbond substituents is 1. The fraction of sp³-hybridized carbons (Fsp3) is 0.263. The number of benzene rings is 1. The van der Waals surface area contributed by atoms with Crippen LogP contribution in [0.1, 0.15) is 12.0 Å². The first-order valence-corrected chi connectivity index (χ1v) is 8.20. The van der Waals surface area contributed by atoms with Crippen molar-refractivity contribution in [2.45, 2.75) is 6.42 Å². The van der Waals surface area contributed by atoms with Gasteiger partial charge < -0.3 is 20.2 Å². The van der Waals surface area contributed by atoms with Gasteiger partial charge in [-0.05, 0) is 41.8 Å². The summed E-state index contributed by atoms with van der Waals surface area (Å²) < 4.78 is 0. The van der Waals surface area contributed by atoms with Crippen LogP contribution in [0, 0.1) is 0 Å². The lowest BCUT2D eigenvalue weighted by Crippen LogP contribution is -2.37. The summed E-state index contributed by atoms with van der Waals surface area (Å²) in [6, 6.07) is 10.7. The highest BCUT2D eigenvalue weighted by Crippen LogP contribution is 2.24. The third-order valence-corrected chi connectivity index (χ3v) is 4.19. The summed E-state index contributed by atoms with van der Waals surface area (Å²) in [7, 11) is 3.85. The Kier molecular flexibility index (Phi) is 4.88. The summed E-state index contributed by atoms with van der Waals surface area (Å²) in [6.45, 7) is 1.22. The van der Waals surface area contributed by atoms with Crippen LogP contribution in [0.3, 0.4) is 0 Å². The van der Waals surface area contributed by atoms with E-state index in [0.29, 0.717) is 18.8 Å². The second kappa shape index (κ2) is 7.25. The van der Waals surface area contributed by atoms with Crippen LogP contribution >= 0.6 is 0 Å². The van der Waals surface area contributed by atoms with E-state index in [9.17, 15) is 9.90 Å². The van der Waals surface area contributed by atoms with Gasteiger partial charge in [-0.25, -0.2) is 9.78 Å². The third-order valence-electron chi connectivity index (χ3n) is 4.19. The summed E-state index contributed by atoms with van der Waals surface area (Å²) in [5.41, 5.74) is 2.96. The third kappa shape index (κ3) is 4.09. The van der Waals surface area contributed by atoms with Gasteiger partial charge in [0, 0.05) is 27.2 Å². The van der Waals surface area contributed by atoms with Crippen molar-refractivity contribution in [3.05, 3.63) is 54.2 Å². The fourth-order valence-corrected chi connectivity index (χ4v) is 2.72. The Bertz CT molecular complexity index is 767. The number of hydrogen-bond acceptors (Lipinski definition) is 4. The van der Waals surface area contributed by atoms with Crippen LogP contribution in [0.25, 0.3) is 5.57 Å². The first-order valence-electron chi connectivity index (χ1n) is 8.20. The lowest BCUT2D eigenvalue weighted by molar-refractivity contribution is 0.217. The lowest BCUT2D eigenvalue weighted by atomic mass is 9.99. The molecule has 0 spiro atoms. The van der Waals surface area contributed by atoms with Crippen molar-refractivity contribution in [3.63, 3.8) is 0 Å². The van der Waals surface area contributed by atoms with Crippen molar-refractivity contribution in [2.75, 3.05) is 37.4 Å². The number of pyridine rings is 1. The summed E-state index contributed by atoms with van der Waals surface area (Å²) >= 11 is 0. The molecule has 6 heteroatoms. The average Bonchev–Trinajstić information content (AvgIpc) is 2.63. The van der Waals surface area contributed by atoms with Crippen LogP contribution < -0.4 is 10.2 Å². The number of aromatic nitrogens is 1. The minimum atomic E-state index is -0.125. The molecule has 2 aromatic rings. The number of carbonyl (C=O) groups excluding carboxylic acids is 1. The van der Waals surface area contributed by atoms with Crippen molar-refractivity contribution in [2.24, 2.45) is 0 Å². The molecular weight excluding hydrogens is 316 g/mol. The molecule has 1 aliphatic rings. The molecule has 0 aliphatic carbocycles. The highest BCUT2D eigenvalue weighted by molar-refractivity contribution is 5.90. The van der Waals surface area contributed by atoms with Crippen LogP contribution in [0.15, 0.2) is 48.7 Å². The summed E-state index contributed by atoms with van der Waals surface area (Å²) in [6.07, 6.45) is 4.51. The largest absolute Gasteiger partial charge is 0.508 e. The monoisotopic (exact) mass is 338 g/mol. The van der Waals surface area contributed by atoms with Crippen molar-refractivity contribution < 1.29 is 9.90 Å². The van der Waals surface area contributed by atoms with E-state index in [4.69, 9.17) is 0 Å². The second-order valence-electron chi connectivity index (χ2n) is 6.20. The maximum atomic E-state index is 12.4. The summed E-state index contributed by atoms with van der Waals surface area (Å²) in [5, 5.41) is 12.3. The Labute approximate surface area is 147 Å². The Morgan fingerprint density at radius 1 is 1.20 bits per heavy atom. The van der Waals surface area contributed by atoms with Gasteiger partial charge in [0.1, 0.15) is 11.6 Å². The molecular formula is C19H22N4O2. The number of urea groups is 1. The molecule has 130 valence electrons. The molecule has 1 aromatic heterocycles. The van der Waals surface area contributed by atoms with E-state index in [1.54, 1.807) is 23.2 Å². The summed E-state index contributed by atoms with van der Waals surface area (Å²) in [5.74, 6) is 1.10.